The van der Waals surface area contributed by atoms with Gasteiger partial charge in [-0.05, 0) is 46.8 Å². The van der Waals surface area contributed by atoms with E-state index in [1.165, 1.54) is 11.3 Å². The van der Waals surface area contributed by atoms with E-state index in [0.29, 0.717) is 5.56 Å². The van der Waals surface area contributed by atoms with Gasteiger partial charge in [0, 0.05) is 28.1 Å². The van der Waals surface area contributed by atoms with Crippen molar-refractivity contribution < 1.29 is 4.79 Å². The molecule has 2 aromatic heterocycles. The fourth-order valence-corrected chi connectivity index (χ4v) is 3.80. The second-order valence-electron chi connectivity index (χ2n) is 6.50. The van der Waals surface area contributed by atoms with E-state index in [2.05, 4.69) is 48.1 Å². The zero-order valence-electron chi connectivity index (χ0n) is 14.2. The Labute approximate surface area is 160 Å². The van der Waals surface area contributed by atoms with Crippen LogP contribution in [0.25, 0.3) is 0 Å². The lowest BCUT2D eigenvalue weighted by Gasteiger charge is -2.24. The third-order valence-electron chi connectivity index (χ3n) is 4.71. The molecule has 0 bridgehead atoms. The number of amides is 1. The molecule has 1 aliphatic carbocycles. The molecule has 0 saturated heterocycles. The highest BCUT2D eigenvalue weighted by Crippen LogP contribution is 2.30. The molecule has 0 fully saturated rings. The molecule has 1 atom stereocenters. The number of carbonyl (C=O) groups is 1. The largest absolute Gasteiger partial charge is 0.345 e. The van der Waals surface area contributed by atoms with Crippen LogP contribution < -0.4 is 5.32 Å². The average Bonchev–Trinajstić information content (AvgIpc) is 3.06. The molecule has 6 heteroatoms. The predicted octanol–water partition coefficient (Wildman–Crippen LogP) is 3.90. The number of rotatable bonds is 4. The molecular formula is C20H19BrN4O. The summed E-state index contributed by atoms with van der Waals surface area (Å²) in [5.41, 5.74) is 4.13. The molecule has 2 heterocycles. The predicted molar refractivity (Wildman–Crippen MR) is 103 cm³/mol. The Balaban J connectivity index is 1.53. The first-order valence-electron chi connectivity index (χ1n) is 8.70. The van der Waals surface area contributed by atoms with Crippen LogP contribution in [-0.2, 0) is 13.0 Å². The molecular weight excluding hydrogens is 392 g/mol. The van der Waals surface area contributed by atoms with E-state index in [0.717, 1.165) is 35.8 Å². The molecule has 0 aliphatic heterocycles. The van der Waals surface area contributed by atoms with Gasteiger partial charge in [-0.1, -0.05) is 30.3 Å². The molecule has 5 nitrogen and oxygen atoms in total. The first-order chi connectivity index (χ1) is 12.7. The minimum absolute atomic E-state index is 0.00486. The van der Waals surface area contributed by atoms with E-state index in [1.54, 1.807) is 18.5 Å². The highest BCUT2D eigenvalue weighted by molar-refractivity contribution is 9.10. The fourth-order valence-electron chi connectivity index (χ4n) is 3.44. The molecule has 1 aliphatic rings. The summed E-state index contributed by atoms with van der Waals surface area (Å²) in [6.07, 6.45) is 8.12. The van der Waals surface area contributed by atoms with Crippen molar-refractivity contribution in [2.24, 2.45) is 0 Å². The number of aromatic nitrogens is 3. The highest BCUT2D eigenvalue weighted by atomic mass is 79.9. The number of nitrogens with one attached hydrogen (secondary N) is 1. The summed E-state index contributed by atoms with van der Waals surface area (Å²) in [5.74, 6) is -0.104. The second-order valence-corrected chi connectivity index (χ2v) is 7.42. The van der Waals surface area contributed by atoms with Gasteiger partial charge in [0.2, 0.25) is 0 Å². The summed E-state index contributed by atoms with van der Waals surface area (Å²) >= 11 is 3.36. The van der Waals surface area contributed by atoms with Crippen molar-refractivity contribution in [3.05, 3.63) is 81.8 Å². The van der Waals surface area contributed by atoms with Gasteiger partial charge in [-0.15, -0.1) is 0 Å². The van der Waals surface area contributed by atoms with Gasteiger partial charge >= 0.3 is 0 Å². The van der Waals surface area contributed by atoms with Gasteiger partial charge in [-0.3, -0.25) is 14.5 Å². The molecule has 132 valence electrons. The summed E-state index contributed by atoms with van der Waals surface area (Å²) in [7, 11) is 0. The molecule has 0 radical (unpaired) electrons. The van der Waals surface area contributed by atoms with Crippen molar-refractivity contribution in [2.75, 3.05) is 0 Å². The first kappa shape index (κ1) is 17.0. The molecule has 0 unspecified atom stereocenters. The monoisotopic (exact) mass is 410 g/mol. The van der Waals surface area contributed by atoms with Crippen molar-refractivity contribution >= 4 is 21.8 Å². The summed E-state index contributed by atoms with van der Waals surface area (Å²) in [5, 5.41) is 7.73. The zero-order chi connectivity index (χ0) is 17.9. The molecule has 1 amide bonds. The number of pyridine rings is 1. The quantitative estimate of drug-likeness (QED) is 0.709. The van der Waals surface area contributed by atoms with Gasteiger partial charge in [0.1, 0.15) is 0 Å². The van der Waals surface area contributed by atoms with Crippen LogP contribution in [0.2, 0.25) is 0 Å². The number of carbonyl (C=O) groups excluding carboxylic acids is 1. The van der Waals surface area contributed by atoms with Crippen molar-refractivity contribution in [3.63, 3.8) is 0 Å². The SMILES string of the molecule is O=C(N[C@H]1CCCc2c1cnn2Cc1ccccc1)c1cncc(Br)c1. The van der Waals surface area contributed by atoms with Crippen LogP contribution in [0.15, 0.2) is 59.5 Å². The maximum absolute atomic E-state index is 12.6. The standard InChI is InChI=1S/C20H19BrN4O/c21-16-9-15(10-22-11-16)20(26)24-18-7-4-8-19-17(18)12-23-25(19)13-14-5-2-1-3-6-14/h1-3,5-6,9-12,18H,4,7-8,13H2,(H,24,26)/t18-/m0/s1. The van der Waals surface area contributed by atoms with Crippen LogP contribution in [0.4, 0.5) is 0 Å². The lowest BCUT2D eigenvalue weighted by molar-refractivity contribution is 0.0932. The van der Waals surface area contributed by atoms with Gasteiger partial charge in [-0.25, -0.2) is 0 Å². The summed E-state index contributed by atoms with van der Waals surface area (Å²) < 4.78 is 2.86. The van der Waals surface area contributed by atoms with Crippen LogP contribution in [0, 0.1) is 0 Å². The van der Waals surface area contributed by atoms with Crippen molar-refractivity contribution in [2.45, 2.75) is 31.8 Å². The Bertz CT molecular complexity index is 923. The van der Waals surface area contributed by atoms with Crippen LogP contribution in [0.5, 0.6) is 0 Å². The van der Waals surface area contributed by atoms with E-state index in [9.17, 15) is 4.79 Å². The number of benzene rings is 1. The molecule has 26 heavy (non-hydrogen) atoms. The van der Waals surface area contributed by atoms with E-state index < -0.39 is 0 Å². The van der Waals surface area contributed by atoms with Crippen LogP contribution in [0.1, 0.15) is 46.1 Å². The molecule has 3 aromatic rings. The van der Waals surface area contributed by atoms with Gasteiger partial charge in [0.15, 0.2) is 0 Å². The third-order valence-corrected chi connectivity index (χ3v) is 5.14. The van der Waals surface area contributed by atoms with Crippen molar-refractivity contribution in [3.8, 4) is 0 Å². The Kier molecular flexibility index (Phi) is 4.84. The van der Waals surface area contributed by atoms with Crippen molar-refractivity contribution in [1.82, 2.24) is 20.1 Å². The molecule has 0 spiro atoms. The van der Waals surface area contributed by atoms with Crippen LogP contribution in [-0.4, -0.2) is 20.7 Å². The lowest BCUT2D eigenvalue weighted by atomic mass is 9.92. The number of nitrogens with zero attached hydrogens (tertiary/aromatic N) is 3. The Morgan fingerprint density at radius 2 is 2.08 bits per heavy atom. The number of hydrogen-bond acceptors (Lipinski definition) is 3. The summed E-state index contributed by atoms with van der Waals surface area (Å²) in [6, 6.07) is 12.1. The minimum atomic E-state index is -0.104. The normalized spacial score (nSPS) is 16.1. The molecule has 1 N–H and O–H groups in total. The lowest BCUT2D eigenvalue weighted by Crippen LogP contribution is -2.31. The van der Waals surface area contributed by atoms with Gasteiger partial charge in [-0.2, -0.15) is 5.10 Å². The maximum atomic E-state index is 12.6. The number of halogens is 1. The van der Waals surface area contributed by atoms with E-state index >= 15 is 0 Å². The number of fused-ring (bicyclic) bond motifs is 1. The van der Waals surface area contributed by atoms with Crippen LogP contribution >= 0.6 is 15.9 Å². The molecule has 4 rings (SSSR count). The smallest absolute Gasteiger partial charge is 0.253 e. The second kappa shape index (κ2) is 7.41. The topological polar surface area (TPSA) is 59.8 Å². The van der Waals surface area contributed by atoms with E-state index in [4.69, 9.17) is 0 Å². The fraction of sp³-hybridized carbons (Fsp3) is 0.250. The minimum Gasteiger partial charge on any atom is -0.345 e. The van der Waals surface area contributed by atoms with Gasteiger partial charge in [0.05, 0.1) is 24.3 Å². The Hall–Kier alpha value is -2.47. The van der Waals surface area contributed by atoms with Crippen molar-refractivity contribution in [1.29, 1.82) is 0 Å². The Morgan fingerprint density at radius 3 is 2.88 bits per heavy atom. The highest BCUT2D eigenvalue weighted by Gasteiger charge is 2.26. The zero-order valence-corrected chi connectivity index (χ0v) is 15.8. The number of hydrogen-bond donors (Lipinski definition) is 1. The molecule has 1 aromatic carbocycles. The van der Waals surface area contributed by atoms with E-state index in [-0.39, 0.29) is 11.9 Å². The summed E-state index contributed by atoms with van der Waals surface area (Å²) in [4.78, 5) is 16.6. The average molecular weight is 411 g/mol. The summed E-state index contributed by atoms with van der Waals surface area (Å²) in [6.45, 7) is 0.756. The van der Waals surface area contributed by atoms with Crippen LogP contribution in [0.3, 0.4) is 0 Å². The molecule has 0 saturated carbocycles. The Morgan fingerprint density at radius 1 is 1.23 bits per heavy atom. The van der Waals surface area contributed by atoms with E-state index in [1.807, 2.05) is 24.4 Å². The van der Waals surface area contributed by atoms with Gasteiger partial charge < -0.3 is 5.32 Å². The van der Waals surface area contributed by atoms with Gasteiger partial charge in [0.25, 0.3) is 5.91 Å². The third kappa shape index (κ3) is 3.55. The maximum Gasteiger partial charge on any atom is 0.253 e. The first-order valence-corrected chi connectivity index (χ1v) is 9.50.